The van der Waals surface area contributed by atoms with Gasteiger partial charge in [0, 0.05) is 49.9 Å². The first-order valence-electron chi connectivity index (χ1n) is 11.0. The lowest BCUT2D eigenvalue weighted by molar-refractivity contribution is -0.133. The van der Waals surface area contributed by atoms with Crippen LogP contribution in [0.4, 0.5) is 5.95 Å². The second kappa shape index (κ2) is 9.69. The smallest absolute Gasteiger partial charge is 0.244 e. The van der Waals surface area contributed by atoms with Crippen molar-refractivity contribution < 1.29 is 4.79 Å². The van der Waals surface area contributed by atoms with Crippen molar-refractivity contribution in [2.24, 2.45) is 0 Å². The number of anilines is 1. The average Bonchev–Trinajstić information content (AvgIpc) is 3.05. The minimum atomic E-state index is 0.0388. The van der Waals surface area contributed by atoms with Gasteiger partial charge in [-0.2, -0.15) is 5.10 Å². The summed E-state index contributed by atoms with van der Waals surface area (Å²) in [5.74, 6) is 0.805. The molecule has 0 saturated carbocycles. The number of likely N-dealkylation sites (tertiary alicyclic amines) is 1. The number of hydrogen-bond donors (Lipinski definition) is 0. The molecule has 2 aromatic heterocycles. The average molecular weight is 487 g/mol. The molecule has 0 bridgehead atoms. The highest BCUT2D eigenvalue weighted by Gasteiger charge is 2.29. The third kappa shape index (κ3) is 4.99. The van der Waals surface area contributed by atoms with Crippen molar-refractivity contribution in [2.75, 3.05) is 32.1 Å². The largest absolute Gasteiger partial charge is 0.347 e. The zero-order chi connectivity index (χ0) is 23.7. The van der Waals surface area contributed by atoms with E-state index < -0.39 is 0 Å². The van der Waals surface area contributed by atoms with Crippen LogP contribution < -0.4 is 4.90 Å². The molecule has 33 heavy (non-hydrogen) atoms. The Kier molecular flexibility index (Phi) is 6.91. The summed E-state index contributed by atoms with van der Waals surface area (Å²) < 4.78 is 1.69. The van der Waals surface area contributed by atoms with Gasteiger partial charge in [0.05, 0.1) is 22.1 Å². The normalized spacial score (nSPS) is 16.2. The van der Waals surface area contributed by atoms with Crippen molar-refractivity contribution in [1.82, 2.24) is 24.6 Å². The predicted molar refractivity (Wildman–Crippen MR) is 132 cm³/mol. The van der Waals surface area contributed by atoms with Gasteiger partial charge in [0.25, 0.3) is 0 Å². The van der Waals surface area contributed by atoms with Crippen molar-refractivity contribution >= 4 is 35.1 Å². The van der Waals surface area contributed by atoms with E-state index in [1.165, 1.54) is 0 Å². The molecule has 1 unspecified atom stereocenters. The lowest BCUT2D eigenvalue weighted by atomic mass is 9.90. The van der Waals surface area contributed by atoms with E-state index in [9.17, 15) is 4.79 Å². The SMILES string of the molecule is Cc1nn(CC(=O)N2CCCC(c3nc(N(C)C)ncc3-c3ccc(Cl)cc3)C2)c(C)c1Cl. The summed E-state index contributed by atoms with van der Waals surface area (Å²) in [6.07, 6.45) is 3.75. The number of halogens is 2. The van der Waals surface area contributed by atoms with Gasteiger partial charge in [-0.05, 0) is 44.4 Å². The molecule has 1 aromatic carbocycles. The van der Waals surface area contributed by atoms with Crippen LogP contribution in [0.5, 0.6) is 0 Å². The Balaban J connectivity index is 1.61. The van der Waals surface area contributed by atoms with E-state index in [0.29, 0.717) is 22.5 Å². The molecule has 0 spiro atoms. The molecule has 4 rings (SSSR count). The molecule has 9 heteroatoms. The van der Waals surface area contributed by atoms with Crippen LogP contribution in [-0.4, -0.2) is 57.7 Å². The van der Waals surface area contributed by atoms with Crippen LogP contribution in [0.1, 0.15) is 35.8 Å². The first kappa shape index (κ1) is 23.5. The van der Waals surface area contributed by atoms with Crippen molar-refractivity contribution in [1.29, 1.82) is 0 Å². The molecule has 0 N–H and O–H groups in total. The summed E-state index contributed by atoms with van der Waals surface area (Å²) in [4.78, 5) is 26.4. The molecule has 174 valence electrons. The Morgan fingerprint density at radius 1 is 1.18 bits per heavy atom. The number of aromatic nitrogens is 4. The van der Waals surface area contributed by atoms with Gasteiger partial charge in [-0.3, -0.25) is 9.48 Å². The molecule has 3 heterocycles. The third-order valence-corrected chi connectivity index (χ3v) is 6.90. The van der Waals surface area contributed by atoms with Gasteiger partial charge >= 0.3 is 0 Å². The molecule has 7 nitrogen and oxygen atoms in total. The quantitative estimate of drug-likeness (QED) is 0.520. The maximum Gasteiger partial charge on any atom is 0.244 e. The first-order valence-corrected chi connectivity index (χ1v) is 11.8. The van der Waals surface area contributed by atoms with Crippen molar-refractivity contribution in [3.63, 3.8) is 0 Å². The van der Waals surface area contributed by atoms with E-state index in [0.717, 1.165) is 47.6 Å². The van der Waals surface area contributed by atoms with Crippen molar-refractivity contribution in [2.45, 2.75) is 39.2 Å². The predicted octanol–water partition coefficient (Wildman–Crippen LogP) is 4.74. The number of carbonyl (C=O) groups is 1. The minimum absolute atomic E-state index is 0.0388. The van der Waals surface area contributed by atoms with Gasteiger partial charge in [0.15, 0.2) is 0 Å². The van der Waals surface area contributed by atoms with E-state index >= 15 is 0 Å². The number of rotatable bonds is 5. The van der Waals surface area contributed by atoms with Crippen LogP contribution >= 0.6 is 23.2 Å². The van der Waals surface area contributed by atoms with E-state index in [1.54, 1.807) is 4.68 Å². The molecule has 1 atom stereocenters. The number of aryl methyl sites for hydroxylation is 1. The fourth-order valence-corrected chi connectivity index (χ4v) is 4.51. The summed E-state index contributed by atoms with van der Waals surface area (Å²) in [7, 11) is 3.86. The Morgan fingerprint density at radius 3 is 2.55 bits per heavy atom. The molecular weight excluding hydrogens is 459 g/mol. The first-order chi connectivity index (χ1) is 15.7. The van der Waals surface area contributed by atoms with E-state index in [4.69, 9.17) is 28.2 Å². The third-order valence-electron chi connectivity index (χ3n) is 6.10. The number of amides is 1. The molecule has 1 fully saturated rings. The Hall–Kier alpha value is -2.64. The second-order valence-corrected chi connectivity index (χ2v) is 9.51. The Bertz CT molecular complexity index is 1160. The van der Waals surface area contributed by atoms with Crippen molar-refractivity contribution in [3.8, 4) is 11.1 Å². The lowest BCUT2D eigenvalue weighted by Crippen LogP contribution is -2.41. The summed E-state index contributed by atoms with van der Waals surface area (Å²) in [6, 6.07) is 7.71. The van der Waals surface area contributed by atoms with E-state index in [-0.39, 0.29) is 18.4 Å². The number of carbonyl (C=O) groups excluding carboxylic acids is 1. The molecule has 1 amide bonds. The Labute approximate surface area is 204 Å². The van der Waals surface area contributed by atoms with Gasteiger partial charge in [0.1, 0.15) is 6.54 Å². The minimum Gasteiger partial charge on any atom is -0.347 e. The molecule has 0 radical (unpaired) electrons. The standard InChI is InChI=1S/C24H28Cl2N6O/c1-15-22(26)16(2)32(29-15)14-21(33)31-11-5-6-18(13-31)23-20(12-27-24(28-23)30(3)4)17-7-9-19(25)10-8-17/h7-10,12,18H,5-6,11,13-14H2,1-4H3. The van der Waals surface area contributed by atoms with Crippen LogP contribution in [0, 0.1) is 13.8 Å². The van der Waals surface area contributed by atoms with Crippen LogP contribution in [0.15, 0.2) is 30.5 Å². The fraction of sp³-hybridized carbons (Fsp3) is 0.417. The molecule has 1 saturated heterocycles. The Morgan fingerprint density at radius 2 is 1.91 bits per heavy atom. The molecule has 0 aliphatic carbocycles. The van der Waals surface area contributed by atoms with Crippen LogP contribution in [0.3, 0.4) is 0 Å². The summed E-state index contributed by atoms with van der Waals surface area (Å²) in [5.41, 5.74) is 4.50. The summed E-state index contributed by atoms with van der Waals surface area (Å²) >= 11 is 12.4. The summed E-state index contributed by atoms with van der Waals surface area (Å²) in [5, 5.41) is 5.71. The number of nitrogens with zero attached hydrogens (tertiary/aromatic N) is 6. The van der Waals surface area contributed by atoms with Gasteiger partial charge in [-0.1, -0.05) is 35.3 Å². The fourth-order valence-electron chi connectivity index (χ4n) is 4.25. The number of hydrogen-bond acceptors (Lipinski definition) is 5. The van der Waals surface area contributed by atoms with E-state index in [1.807, 2.05) is 68.2 Å². The highest BCUT2D eigenvalue weighted by Crippen LogP contribution is 2.34. The second-order valence-electron chi connectivity index (χ2n) is 8.69. The number of piperidine rings is 1. The van der Waals surface area contributed by atoms with Gasteiger partial charge < -0.3 is 9.80 Å². The zero-order valence-electron chi connectivity index (χ0n) is 19.3. The lowest BCUT2D eigenvalue weighted by Gasteiger charge is -2.33. The molecular formula is C24H28Cl2N6O. The van der Waals surface area contributed by atoms with Crippen LogP contribution in [0.25, 0.3) is 11.1 Å². The summed E-state index contributed by atoms with van der Waals surface area (Å²) in [6.45, 7) is 5.25. The zero-order valence-corrected chi connectivity index (χ0v) is 20.9. The molecule has 3 aromatic rings. The van der Waals surface area contributed by atoms with Gasteiger partial charge in [-0.15, -0.1) is 0 Å². The van der Waals surface area contributed by atoms with Gasteiger partial charge in [0.2, 0.25) is 11.9 Å². The monoisotopic (exact) mass is 486 g/mol. The van der Waals surface area contributed by atoms with Gasteiger partial charge in [-0.25, -0.2) is 9.97 Å². The molecule has 1 aliphatic heterocycles. The van der Waals surface area contributed by atoms with E-state index in [2.05, 4.69) is 10.1 Å². The van der Waals surface area contributed by atoms with Crippen molar-refractivity contribution in [3.05, 3.63) is 57.6 Å². The topological polar surface area (TPSA) is 67.2 Å². The number of benzene rings is 1. The molecule has 1 aliphatic rings. The highest BCUT2D eigenvalue weighted by atomic mass is 35.5. The maximum atomic E-state index is 13.2. The van der Waals surface area contributed by atoms with Crippen LogP contribution in [-0.2, 0) is 11.3 Å². The van der Waals surface area contributed by atoms with Crippen LogP contribution in [0.2, 0.25) is 10.0 Å². The maximum absolute atomic E-state index is 13.2. The highest BCUT2D eigenvalue weighted by molar-refractivity contribution is 6.31.